The number of amides is 2. The van der Waals surface area contributed by atoms with Crippen molar-refractivity contribution in [3.05, 3.63) is 58.4 Å². The van der Waals surface area contributed by atoms with Crippen LogP contribution in [0.3, 0.4) is 0 Å². The molecular formula is C22H22ClFN2O6. The molecule has 0 radical (unpaired) electrons. The summed E-state index contributed by atoms with van der Waals surface area (Å²) < 4.78 is 28.4. The summed E-state index contributed by atoms with van der Waals surface area (Å²) in [5.74, 6) is -0.980. The van der Waals surface area contributed by atoms with Gasteiger partial charge < -0.3 is 24.0 Å². The Bertz CT molecular complexity index is 1020. The molecule has 0 aliphatic carbocycles. The van der Waals surface area contributed by atoms with Crippen molar-refractivity contribution in [2.45, 2.75) is 0 Å². The predicted octanol–water partition coefficient (Wildman–Crippen LogP) is 2.64. The molecule has 0 unspecified atom stereocenters. The van der Waals surface area contributed by atoms with Gasteiger partial charge >= 0.3 is 5.97 Å². The van der Waals surface area contributed by atoms with Crippen molar-refractivity contribution in [3.8, 4) is 11.5 Å². The quantitative estimate of drug-likeness (QED) is 0.611. The lowest BCUT2D eigenvalue weighted by molar-refractivity contribution is -0.142. The number of carbonyl (C=O) groups is 3. The molecule has 2 aromatic rings. The number of ether oxygens (including phenoxy) is 3. The molecule has 0 atom stereocenters. The fourth-order valence-electron chi connectivity index (χ4n) is 3.24. The molecule has 1 aliphatic heterocycles. The fourth-order valence-corrected chi connectivity index (χ4v) is 3.49. The first-order valence-corrected chi connectivity index (χ1v) is 10.1. The van der Waals surface area contributed by atoms with Crippen molar-refractivity contribution in [1.82, 2.24) is 9.80 Å². The third-order valence-electron chi connectivity index (χ3n) is 5.00. The van der Waals surface area contributed by atoms with Gasteiger partial charge in [0.2, 0.25) is 0 Å². The lowest BCUT2D eigenvalue weighted by Gasteiger charge is -2.35. The van der Waals surface area contributed by atoms with Crippen molar-refractivity contribution in [1.29, 1.82) is 0 Å². The number of esters is 1. The van der Waals surface area contributed by atoms with Crippen molar-refractivity contribution in [2.75, 3.05) is 47.0 Å². The van der Waals surface area contributed by atoms with Crippen LogP contribution in [0.5, 0.6) is 11.5 Å². The zero-order valence-corrected chi connectivity index (χ0v) is 18.4. The van der Waals surface area contributed by atoms with Gasteiger partial charge in [0.1, 0.15) is 5.82 Å². The molecule has 170 valence electrons. The molecule has 0 bridgehead atoms. The minimum Gasteiger partial charge on any atom is -0.493 e. The topological polar surface area (TPSA) is 85.4 Å². The zero-order chi connectivity index (χ0) is 23.3. The first-order chi connectivity index (χ1) is 15.3. The van der Waals surface area contributed by atoms with Crippen LogP contribution in [0, 0.1) is 5.82 Å². The smallest absolute Gasteiger partial charge is 0.343 e. The van der Waals surface area contributed by atoms with Gasteiger partial charge in [0, 0.05) is 31.7 Å². The summed E-state index contributed by atoms with van der Waals surface area (Å²) in [6.07, 6.45) is 0. The normalized spacial score (nSPS) is 13.5. The van der Waals surface area contributed by atoms with Gasteiger partial charge in [-0.05, 0) is 36.4 Å². The molecule has 2 amide bonds. The van der Waals surface area contributed by atoms with Gasteiger partial charge in [-0.1, -0.05) is 11.6 Å². The molecule has 0 saturated carbocycles. The van der Waals surface area contributed by atoms with Crippen LogP contribution in [0.1, 0.15) is 20.7 Å². The number of halogens is 2. The molecule has 1 saturated heterocycles. The monoisotopic (exact) mass is 464 g/mol. The van der Waals surface area contributed by atoms with Gasteiger partial charge in [-0.2, -0.15) is 0 Å². The molecule has 3 rings (SSSR count). The van der Waals surface area contributed by atoms with Crippen molar-refractivity contribution in [3.63, 3.8) is 0 Å². The summed E-state index contributed by atoms with van der Waals surface area (Å²) >= 11 is 5.99. The van der Waals surface area contributed by atoms with Crippen molar-refractivity contribution < 1.29 is 33.0 Å². The molecule has 2 aromatic carbocycles. The fraction of sp³-hybridized carbons (Fsp3) is 0.318. The molecule has 1 fully saturated rings. The van der Waals surface area contributed by atoms with Crippen LogP contribution in [0.15, 0.2) is 36.4 Å². The van der Waals surface area contributed by atoms with Crippen molar-refractivity contribution in [2.24, 2.45) is 0 Å². The lowest BCUT2D eigenvalue weighted by atomic mass is 10.1. The lowest BCUT2D eigenvalue weighted by Crippen LogP contribution is -2.50. The molecule has 1 aliphatic rings. The van der Waals surface area contributed by atoms with Gasteiger partial charge in [0.15, 0.2) is 18.1 Å². The van der Waals surface area contributed by atoms with E-state index < -0.39 is 11.8 Å². The Kier molecular flexibility index (Phi) is 7.53. The van der Waals surface area contributed by atoms with Crippen LogP contribution < -0.4 is 9.47 Å². The summed E-state index contributed by atoms with van der Waals surface area (Å²) in [6, 6.07) is 8.29. The summed E-state index contributed by atoms with van der Waals surface area (Å²) in [5.41, 5.74) is 0.605. The minimum absolute atomic E-state index is 0.0510. The summed E-state index contributed by atoms with van der Waals surface area (Å²) in [5, 5.41) is 0.0510. The number of rotatable bonds is 6. The second-order valence-electron chi connectivity index (χ2n) is 6.94. The summed E-state index contributed by atoms with van der Waals surface area (Å²) in [7, 11) is 2.69. The number of methoxy groups -OCH3 is 2. The molecule has 10 heteroatoms. The molecular weight excluding hydrogens is 443 g/mol. The van der Waals surface area contributed by atoms with E-state index in [1.807, 2.05) is 0 Å². The maximum Gasteiger partial charge on any atom is 0.343 e. The number of hydrogen-bond donors (Lipinski definition) is 0. The molecule has 32 heavy (non-hydrogen) atoms. The predicted molar refractivity (Wildman–Crippen MR) is 114 cm³/mol. The van der Waals surface area contributed by atoms with E-state index in [1.165, 1.54) is 32.4 Å². The van der Waals surface area contributed by atoms with Crippen LogP contribution >= 0.6 is 11.6 Å². The first kappa shape index (κ1) is 23.3. The van der Waals surface area contributed by atoms with E-state index in [-0.39, 0.29) is 29.0 Å². The average molecular weight is 465 g/mol. The molecule has 0 spiro atoms. The number of nitrogens with zero attached hydrogens (tertiary/aromatic N) is 2. The van der Waals surface area contributed by atoms with E-state index in [0.717, 1.165) is 6.07 Å². The van der Waals surface area contributed by atoms with Crippen molar-refractivity contribution >= 4 is 29.4 Å². The number of piperazine rings is 1. The van der Waals surface area contributed by atoms with Crippen LogP contribution in [0.2, 0.25) is 5.02 Å². The van der Waals surface area contributed by atoms with Crippen LogP contribution in [0.4, 0.5) is 4.39 Å². The Morgan fingerprint density at radius 2 is 1.59 bits per heavy atom. The number of benzene rings is 2. The third kappa shape index (κ3) is 5.28. The number of hydrogen-bond acceptors (Lipinski definition) is 6. The maximum atomic E-state index is 13.2. The Morgan fingerprint density at radius 3 is 2.19 bits per heavy atom. The highest BCUT2D eigenvalue weighted by Crippen LogP contribution is 2.29. The zero-order valence-electron chi connectivity index (χ0n) is 17.6. The third-order valence-corrected chi connectivity index (χ3v) is 5.31. The molecule has 1 heterocycles. The first-order valence-electron chi connectivity index (χ1n) is 9.75. The second kappa shape index (κ2) is 10.3. The van der Waals surface area contributed by atoms with Gasteiger partial charge in [-0.15, -0.1) is 0 Å². The molecule has 8 nitrogen and oxygen atoms in total. The van der Waals surface area contributed by atoms with Gasteiger partial charge in [-0.3, -0.25) is 9.59 Å². The van der Waals surface area contributed by atoms with E-state index in [0.29, 0.717) is 43.2 Å². The van der Waals surface area contributed by atoms with Crippen LogP contribution in [-0.4, -0.2) is 74.6 Å². The summed E-state index contributed by atoms with van der Waals surface area (Å²) in [6.45, 7) is 0.998. The SMILES string of the molecule is COC(=O)COc1ccc(C(=O)N2CCN(C(=O)c3ccc(F)cc3Cl)CC2)cc1OC. The molecule has 0 aromatic heterocycles. The highest BCUT2D eigenvalue weighted by Gasteiger charge is 2.27. The van der Waals surface area contributed by atoms with E-state index in [4.69, 9.17) is 21.1 Å². The number of carbonyl (C=O) groups excluding carboxylic acids is 3. The van der Waals surface area contributed by atoms with Crippen LogP contribution in [-0.2, 0) is 9.53 Å². The minimum atomic E-state index is -0.540. The standard InChI is InChI=1S/C22H22ClFN2O6/c1-30-19-11-14(3-6-18(19)32-13-20(27)31-2)21(28)25-7-9-26(10-8-25)22(29)16-5-4-15(24)12-17(16)23/h3-6,11-12H,7-10,13H2,1-2H3. The Balaban J connectivity index is 1.63. The van der Waals surface area contributed by atoms with E-state index in [2.05, 4.69) is 4.74 Å². The van der Waals surface area contributed by atoms with E-state index >= 15 is 0 Å². The highest BCUT2D eigenvalue weighted by molar-refractivity contribution is 6.33. The van der Waals surface area contributed by atoms with Crippen LogP contribution in [0.25, 0.3) is 0 Å². The average Bonchev–Trinajstić information content (AvgIpc) is 2.81. The van der Waals surface area contributed by atoms with E-state index in [9.17, 15) is 18.8 Å². The largest absolute Gasteiger partial charge is 0.493 e. The van der Waals surface area contributed by atoms with E-state index in [1.54, 1.807) is 21.9 Å². The van der Waals surface area contributed by atoms with Gasteiger partial charge in [-0.25, -0.2) is 9.18 Å². The second-order valence-corrected chi connectivity index (χ2v) is 7.35. The maximum absolute atomic E-state index is 13.2. The molecule has 0 N–H and O–H groups in total. The Labute approximate surface area is 189 Å². The van der Waals surface area contributed by atoms with Gasteiger partial charge in [0.25, 0.3) is 11.8 Å². The summed E-state index contributed by atoms with van der Waals surface area (Å²) in [4.78, 5) is 40.1. The Hall–Kier alpha value is -3.33. The van der Waals surface area contributed by atoms with Gasteiger partial charge in [0.05, 0.1) is 24.8 Å². The Morgan fingerprint density at radius 1 is 0.938 bits per heavy atom. The highest BCUT2D eigenvalue weighted by atomic mass is 35.5.